The molecule has 5 aromatic rings. The Kier molecular flexibility index (Phi) is 7.46. The molecule has 1 atom stereocenters. The summed E-state index contributed by atoms with van der Waals surface area (Å²) in [6.45, 7) is 1.74. The van der Waals surface area contributed by atoms with E-state index in [4.69, 9.17) is 9.72 Å². The molecule has 1 aliphatic rings. The number of rotatable bonds is 8. The van der Waals surface area contributed by atoms with Crippen molar-refractivity contribution in [3.8, 4) is 28.0 Å². The second kappa shape index (κ2) is 11.6. The van der Waals surface area contributed by atoms with Crippen LogP contribution in [0.3, 0.4) is 0 Å². The predicted molar refractivity (Wildman–Crippen MR) is 158 cm³/mol. The molecule has 1 saturated heterocycles. The molecule has 1 fully saturated rings. The fourth-order valence-electron chi connectivity index (χ4n) is 5.37. The molecule has 4 aromatic carbocycles. The van der Waals surface area contributed by atoms with Crippen molar-refractivity contribution < 1.29 is 9.53 Å². The molecular formula is C35H32N2O2. The number of fused-ring (bicyclic) bond motifs is 1. The predicted octanol–water partition coefficient (Wildman–Crippen LogP) is 7.71. The molecular weight excluding hydrogens is 480 g/mol. The highest BCUT2D eigenvalue weighted by Gasteiger charge is 2.17. The number of benzene rings is 4. The molecule has 0 spiro atoms. The van der Waals surface area contributed by atoms with E-state index < -0.39 is 0 Å². The first-order chi connectivity index (χ1) is 19.3. The molecule has 1 aromatic heterocycles. The maximum absolute atomic E-state index is 12.9. The number of piperidine rings is 1. The van der Waals surface area contributed by atoms with Crippen molar-refractivity contribution in [3.05, 3.63) is 120 Å². The van der Waals surface area contributed by atoms with E-state index in [-0.39, 0.29) is 5.78 Å². The molecule has 194 valence electrons. The minimum atomic E-state index is 0.0282. The molecule has 0 radical (unpaired) electrons. The van der Waals surface area contributed by atoms with Crippen LogP contribution >= 0.6 is 0 Å². The Morgan fingerprint density at radius 1 is 0.795 bits per heavy atom. The third kappa shape index (κ3) is 5.62. The molecule has 2 heterocycles. The summed E-state index contributed by atoms with van der Waals surface area (Å²) in [7, 11) is 0. The lowest BCUT2D eigenvalue weighted by atomic mass is 9.97. The summed E-state index contributed by atoms with van der Waals surface area (Å²) in [4.78, 5) is 17.7. The maximum Gasteiger partial charge on any atom is 0.193 e. The van der Waals surface area contributed by atoms with Crippen molar-refractivity contribution in [2.75, 3.05) is 13.2 Å². The largest absolute Gasteiger partial charge is 0.492 e. The second-order valence-electron chi connectivity index (χ2n) is 10.2. The first kappa shape index (κ1) is 25.0. The average molecular weight is 513 g/mol. The van der Waals surface area contributed by atoms with Gasteiger partial charge in [0.2, 0.25) is 0 Å². The minimum Gasteiger partial charge on any atom is -0.492 e. The van der Waals surface area contributed by atoms with Gasteiger partial charge < -0.3 is 10.1 Å². The van der Waals surface area contributed by atoms with Gasteiger partial charge in [0.25, 0.3) is 0 Å². The summed E-state index contributed by atoms with van der Waals surface area (Å²) in [5, 5.41) is 4.62. The van der Waals surface area contributed by atoms with Crippen LogP contribution in [0, 0.1) is 0 Å². The van der Waals surface area contributed by atoms with Gasteiger partial charge in [0, 0.05) is 34.3 Å². The van der Waals surface area contributed by atoms with E-state index in [0.717, 1.165) is 51.9 Å². The molecule has 1 N–H and O–H groups in total. The minimum absolute atomic E-state index is 0.0282. The molecule has 1 unspecified atom stereocenters. The summed E-state index contributed by atoms with van der Waals surface area (Å²) in [6, 6.07) is 34.4. The molecule has 0 aliphatic carbocycles. The molecule has 0 amide bonds. The zero-order chi connectivity index (χ0) is 26.4. The smallest absolute Gasteiger partial charge is 0.193 e. The molecule has 6 rings (SSSR count). The lowest BCUT2D eigenvalue weighted by molar-refractivity contribution is 0.103. The number of nitrogens with zero attached hydrogens (tertiary/aromatic N) is 1. The van der Waals surface area contributed by atoms with Crippen molar-refractivity contribution in [1.82, 2.24) is 10.3 Å². The molecule has 4 nitrogen and oxygen atoms in total. The summed E-state index contributed by atoms with van der Waals surface area (Å²) < 4.78 is 6.57. The quantitative estimate of drug-likeness (QED) is 0.216. The van der Waals surface area contributed by atoms with E-state index >= 15 is 0 Å². The Balaban J connectivity index is 1.33. The van der Waals surface area contributed by atoms with Crippen molar-refractivity contribution in [2.45, 2.75) is 31.7 Å². The van der Waals surface area contributed by atoms with Crippen LogP contribution in [0.5, 0.6) is 5.75 Å². The van der Waals surface area contributed by atoms with Gasteiger partial charge in [0.05, 0.1) is 12.1 Å². The number of aromatic nitrogens is 1. The Hall–Kier alpha value is -4.28. The van der Waals surface area contributed by atoms with Gasteiger partial charge in [-0.3, -0.25) is 9.78 Å². The number of pyridine rings is 1. The van der Waals surface area contributed by atoms with Crippen LogP contribution in [0.2, 0.25) is 0 Å². The van der Waals surface area contributed by atoms with E-state index in [0.29, 0.717) is 23.8 Å². The van der Waals surface area contributed by atoms with Gasteiger partial charge in [-0.15, -0.1) is 0 Å². The highest BCUT2D eigenvalue weighted by atomic mass is 16.5. The van der Waals surface area contributed by atoms with Crippen LogP contribution in [-0.2, 0) is 0 Å². The van der Waals surface area contributed by atoms with Crippen LogP contribution in [0.1, 0.15) is 41.6 Å². The first-order valence-corrected chi connectivity index (χ1v) is 13.8. The monoisotopic (exact) mass is 512 g/mol. The lowest BCUT2D eigenvalue weighted by Gasteiger charge is -2.24. The Morgan fingerprint density at radius 2 is 1.51 bits per heavy atom. The number of carbonyl (C=O) groups is 1. The van der Waals surface area contributed by atoms with Gasteiger partial charge in [-0.2, -0.15) is 0 Å². The number of hydrogen-bond acceptors (Lipinski definition) is 4. The third-order valence-electron chi connectivity index (χ3n) is 7.54. The van der Waals surface area contributed by atoms with Gasteiger partial charge in [0.15, 0.2) is 5.78 Å². The SMILES string of the molecule is O=C(c1ccccc1)c1ccc(-c2ccc3ncc(-c4ccccc4)c(OCCC4CCCCN4)c3c2)cc1. The molecule has 0 saturated carbocycles. The van der Waals surface area contributed by atoms with Crippen LogP contribution in [0.15, 0.2) is 109 Å². The van der Waals surface area contributed by atoms with Gasteiger partial charge >= 0.3 is 0 Å². The molecule has 39 heavy (non-hydrogen) atoms. The van der Waals surface area contributed by atoms with Crippen molar-refractivity contribution in [3.63, 3.8) is 0 Å². The lowest BCUT2D eigenvalue weighted by Crippen LogP contribution is -2.35. The van der Waals surface area contributed by atoms with Gasteiger partial charge in [-0.05, 0) is 54.6 Å². The normalized spacial score (nSPS) is 15.2. The summed E-state index contributed by atoms with van der Waals surface area (Å²) >= 11 is 0. The fourth-order valence-corrected chi connectivity index (χ4v) is 5.37. The molecule has 0 bridgehead atoms. The second-order valence-corrected chi connectivity index (χ2v) is 10.2. The Morgan fingerprint density at radius 3 is 2.26 bits per heavy atom. The molecule has 4 heteroatoms. The number of nitrogens with one attached hydrogen (secondary N) is 1. The highest BCUT2D eigenvalue weighted by molar-refractivity contribution is 6.09. The maximum atomic E-state index is 12.9. The Labute approximate surface area is 229 Å². The third-order valence-corrected chi connectivity index (χ3v) is 7.54. The van der Waals surface area contributed by atoms with Crippen molar-refractivity contribution >= 4 is 16.7 Å². The number of hydrogen-bond donors (Lipinski definition) is 1. The first-order valence-electron chi connectivity index (χ1n) is 13.8. The summed E-state index contributed by atoms with van der Waals surface area (Å²) in [5.41, 5.74) is 6.48. The van der Waals surface area contributed by atoms with Gasteiger partial charge in [0.1, 0.15) is 5.75 Å². The number of ketones is 1. The number of ether oxygens (including phenoxy) is 1. The summed E-state index contributed by atoms with van der Waals surface area (Å²) in [5.74, 6) is 0.903. The number of carbonyl (C=O) groups excluding carboxylic acids is 1. The van der Waals surface area contributed by atoms with Crippen LogP contribution < -0.4 is 10.1 Å². The summed E-state index contributed by atoms with van der Waals surface area (Å²) in [6.07, 6.45) is 6.65. The van der Waals surface area contributed by atoms with Gasteiger partial charge in [-0.1, -0.05) is 97.4 Å². The van der Waals surface area contributed by atoms with Crippen LogP contribution in [0.4, 0.5) is 0 Å². The fraction of sp³-hybridized carbons (Fsp3) is 0.200. The van der Waals surface area contributed by atoms with Crippen molar-refractivity contribution in [2.24, 2.45) is 0 Å². The zero-order valence-electron chi connectivity index (χ0n) is 22.0. The van der Waals surface area contributed by atoms with E-state index in [1.165, 1.54) is 19.3 Å². The Bertz CT molecular complexity index is 1560. The topological polar surface area (TPSA) is 51.2 Å². The standard InChI is InChI=1S/C35H32N2O2/c38-34(27-11-5-2-6-12-27)28-16-14-25(15-17-28)29-18-19-33-31(23-29)35(39-22-20-30-13-7-8-21-36-30)32(24-37-33)26-9-3-1-4-10-26/h1-6,9-12,14-19,23-24,30,36H,7-8,13,20-22H2. The van der Waals surface area contributed by atoms with Crippen LogP contribution in [-0.4, -0.2) is 30.0 Å². The van der Waals surface area contributed by atoms with E-state index in [1.807, 2.05) is 79.0 Å². The molecule has 1 aliphatic heterocycles. The highest BCUT2D eigenvalue weighted by Crippen LogP contribution is 2.38. The average Bonchev–Trinajstić information content (AvgIpc) is 3.02. The van der Waals surface area contributed by atoms with Gasteiger partial charge in [-0.25, -0.2) is 0 Å². The zero-order valence-corrected chi connectivity index (χ0v) is 22.0. The van der Waals surface area contributed by atoms with Crippen molar-refractivity contribution in [1.29, 1.82) is 0 Å². The van der Waals surface area contributed by atoms with Crippen LogP contribution in [0.25, 0.3) is 33.2 Å². The van der Waals surface area contributed by atoms with E-state index in [9.17, 15) is 4.79 Å². The van der Waals surface area contributed by atoms with E-state index in [2.05, 4.69) is 35.6 Å². The van der Waals surface area contributed by atoms with E-state index in [1.54, 1.807) is 0 Å².